The molecule has 1 atom stereocenters. The van der Waals surface area contributed by atoms with Gasteiger partial charge in [-0.3, -0.25) is 14.5 Å². The first kappa shape index (κ1) is 26.9. The van der Waals surface area contributed by atoms with Gasteiger partial charge in [0.2, 0.25) is 0 Å². The highest BCUT2D eigenvalue weighted by atomic mass is 32.1. The van der Waals surface area contributed by atoms with Gasteiger partial charge in [0.15, 0.2) is 5.13 Å². The molecule has 38 heavy (non-hydrogen) atoms. The molecular weight excluding hydrogens is 508 g/mol. The number of hydrogen-bond acceptors (Lipinski definition) is 9. The van der Waals surface area contributed by atoms with Crippen molar-refractivity contribution in [2.75, 3.05) is 25.7 Å². The number of aliphatic hydroxyl groups excluding tert-OH is 1. The summed E-state index contributed by atoms with van der Waals surface area (Å²) in [6, 6.07) is 12.5. The zero-order valence-electron chi connectivity index (χ0n) is 21.5. The lowest BCUT2D eigenvalue weighted by Crippen LogP contribution is -2.29. The molecule has 2 heterocycles. The third kappa shape index (κ3) is 5.12. The van der Waals surface area contributed by atoms with Crippen molar-refractivity contribution in [2.24, 2.45) is 0 Å². The van der Waals surface area contributed by atoms with Crippen molar-refractivity contribution in [2.45, 2.75) is 32.7 Å². The predicted octanol–water partition coefficient (Wildman–Crippen LogP) is 5.05. The molecule has 0 saturated carbocycles. The lowest BCUT2D eigenvalue weighted by atomic mass is 9.95. The molecule has 0 radical (unpaired) electrons. The minimum atomic E-state index is -0.988. The summed E-state index contributed by atoms with van der Waals surface area (Å²) in [5.74, 6) is -1.42. The van der Waals surface area contributed by atoms with Gasteiger partial charge in [0, 0.05) is 5.56 Å². The summed E-state index contributed by atoms with van der Waals surface area (Å²) >= 11 is 0.944. The van der Waals surface area contributed by atoms with Crippen LogP contribution in [0.25, 0.3) is 5.76 Å². The van der Waals surface area contributed by atoms with E-state index in [-0.39, 0.29) is 21.3 Å². The number of methoxy groups -OCH3 is 2. The number of anilines is 1. The Morgan fingerprint density at radius 1 is 1.05 bits per heavy atom. The molecule has 1 unspecified atom stereocenters. The maximum atomic E-state index is 13.4. The van der Waals surface area contributed by atoms with Crippen molar-refractivity contribution in [3.8, 4) is 11.5 Å². The first-order valence-corrected chi connectivity index (χ1v) is 12.9. The number of thiazole rings is 1. The van der Waals surface area contributed by atoms with Crippen molar-refractivity contribution < 1.29 is 33.7 Å². The number of carbonyl (C=O) groups excluding carboxylic acids is 3. The average Bonchev–Trinajstić information content (AvgIpc) is 3.44. The maximum absolute atomic E-state index is 13.4. The maximum Gasteiger partial charge on any atom is 0.350 e. The number of carbonyl (C=O) groups is 3. The second kappa shape index (κ2) is 11.5. The molecule has 1 fully saturated rings. The summed E-state index contributed by atoms with van der Waals surface area (Å²) < 4.78 is 15.8. The van der Waals surface area contributed by atoms with Gasteiger partial charge in [0.1, 0.15) is 22.1 Å². The number of nitrogens with zero attached hydrogens (tertiary/aromatic N) is 2. The van der Waals surface area contributed by atoms with Gasteiger partial charge in [-0.15, -0.1) is 0 Å². The minimum absolute atomic E-state index is 0.0905. The summed E-state index contributed by atoms with van der Waals surface area (Å²) in [7, 11) is 2.79. The molecule has 3 aromatic rings. The third-order valence-corrected chi connectivity index (χ3v) is 7.27. The molecule has 1 N–H and O–H groups in total. The molecule has 1 aliphatic rings. The standard InChI is InChI=1S/C28H28N2O7S/c1-5-6-15-37-20-13-9-18(10-14-20)23(31)21-22(17-7-11-19(35-3)12-8-17)30(26(33)24(21)32)28-29-16(2)25(38-28)27(34)36-4/h7-14,22,31H,5-6,15H2,1-4H3/b23-21-. The van der Waals surface area contributed by atoms with Gasteiger partial charge in [-0.05, 0) is 55.3 Å². The first-order chi connectivity index (χ1) is 18.3. The molecular formula is C28H28N2O7S. The largest absolute Gasteiger partial charge is 0.507 e. The first-order valence-electron chi connectivity index (χ1n) is 12.0. The van der Waals surface area contributed by atoms with Crippen LogP contribution in [-0.4, -0.2) is 48.6 Å². The van der Waals surface area contributed by atoms with E-state index in [9.17, 15) is 19.5 Å². The quantitative estimate of drug-likeness (QED) is 0.133. The van der Waals surface area contributed by atoms with Crippen LogP contribution in [0, 0.1) is 6.92 Å². The summed E-state index contributed by atoms with van der Waals surface area (Å²) in [5.41, 5.74) is 1.19. The van der Waals surface area contributed by atoms with E-state index in [1.54, 1.807) is 55.5 Å². The normalized spacial score (nSPS) is 16.5. The predicted molar refractivity (Wildman–Crippen MR) is 143 cm³/mol. The van der Waals surface area contributed by atoms with Crippen molar-refractivity contribution in [1.82, 2.24) is 4.98 Å². The van der Waals surface area contributed by atoms with E-state index in [4.69, 9.17) is 14.2 Å². The Morgan fingerprint density at radius 2 is 1.71 bits per heavy atom. The topological polar surface area (TPSA) is 115 Å². The molecule has 4 rings (SSSR count). The number of aliphatic hydroxyl groups is 1. The van der Waals surface area contributed by atoms with Gasteiger partial charge in [-0.1, -0.05) is 36.8 Å². The van der Waals surface area contributed by atoms with Crippen LogP contribution in [0.4, 0.5) is 5.13 Å². The Labute approximate surface area is 224 Å². The number of aromatic nitrogens is 1. The van der Waals surface area contributed by atoms with Crippen LogP contribution in [0.3, 0.4) is 0 Å². The summed E-state index contributed by atoms with van der Waals surface area (Å²) in [6.07, 6.45) is 1.92. The molecule has 0 bridgehead atoms. The van der Waals surface area contributed by atoms with Gasteiger partial charge in [0.25, 0.3) is 5.78 Å². The van der Waals surface area contributed by atoms with Crippen LogP contribution in [0.15, 0.2) is 54.1 Å². The van der Waals surface area contributed by atoms with Crippen LogP contribution in [0.2, 0.25) is 0 Å². The van der Waals surface area contributed by atoms with Gasteiger partial charge in [0.05, 0.1) is 38.1 Å². The Bertz CT molecular complexity index is 1380. The van der Waals surface area contributed by atoms with Crippen LogP contribution in [-0.2, 0) is 14.3 Å². The van der Waals surface area contributed by atoms with E-state index in [2.05, 4.69) is 11.9 Å². The number of rotatable bonds is 9. The number of esters is 1. The molecule has 1 aliphatic heterocycles. The molecule has 10 heteroatoms. The molecule has 2 aromatic carbocycles. The monoisotopic (exact) mass is 536 g/mol. The van der Waals surface area contributed by atoms with Crippen molar-refractivity contribution >= 4 is 39.9 Å². The molecule has 9 nitrogen and oxygen atoms in total. The molecule has 0 spiro atoms. The Morgan fingerprint density at radius 3 is 2.32 bits per heavy atom. The van der Waals surface area contributed by atoms with Crippen molar-refractivity contribution in [3.05, 3.63) is 75.8 Å². The van der Waals surface area contributed by atoms with Crippen LogP contribution < -0.4 is 14.4 Å². The zero-order valence-corrected chi connectivity index (χ0v) is 22.3. The fourth-order valence-electron chi connectivity index (χ4n) is 4.10. The van der Waals surface area contributed by atoms with Gasteiger partial charge in [-0.2, -0.15) is 0 Å². The Hall–Kier alpha value is -4.18. The van der Waals surface area contributed by atoms with Crippen molar-refractivity contribution in [1.29, 1.82) is 0 Å². The molecule has 0 aliphatic carbocycles. The Balaban J connectivity index is 1.82. The molecule has 1 amide bonds. The van der Waals surface area contributed by atoms with Crippen LogP contribution >= 0.6 is 11.3 Å². The second-order valence-electron chi connectivity index (χ2n) is 8.57. The van der Waals surface area contributed by atoms with E-state index in [0.29, 0.717) is 34.9 Å². The Kier molecular flexibility index (Phi) is 8.11. The molecule has 1 aromatic heterocycles. The van der Waals surface area contributed by atoms with E-state index < -0.39 is 23.7 Å². The van der Waals surface area contributed by atoms with Crippen molar-refractivity contribution in [3.63, 3.8) is 0 Å². The van der Waals surface area contributed by atoms with E-state index in [1.165, 1.54) is 19.1 Å². The van der Waals surface area contributed by atoms with Gasteiger partial charge in [-0.25, -0.2) is 9.78 Å². The van der Waals surface area contributed by atoms with Gasteiger partial charge < -0.3 is 19.3 Å². The highest BCUT2D eigenvalue weighted by Gasteiger charge is 2.48. The van der Waals surface area contributed by atoms with Crippen LogP contribution in [0.1, 0.15) is 52.3 Å². The second-order valence-corrected chi connectivity index (χ2v) is 9.55. The van der Waals surface area contributed by atoms with E-state index in [0.717, 1.165) is 24.2 Å². The molecule has 1 saturated heterocycles. The number of amides is 1. The van der Waals surface area contributed by atoms with E-state index >= 15 is 0 Å². The fraction of sp³-hybridized carbons (Fsp3) is 0.286. The smallest absolute Gasteiger partial charge is 0.350 e. The molecule has 198 valence electrons. The van der Waals surface area contributed by atoms with Crippen LogP contribution in [0.5, 0.6) is 11.5 Å². The minimum Gasteiger partial charge on any atom is -0.507 e. The van der Waals surface area contributed by atoms with Gasteiger partial charge >= 0.3 is 11.9 Å². The fourth-order valence-corrected chi connectivity index (χ4v) is 5.11. The number of hydrogen-bond donors (Lipinski definition) is 1. The number of Topliss-reactive ketones (excluding diaryl/α,β-unsaturated/α-hetero) is 1. The number of unbranched alkanes of at least 4 members (excludes halogenated alkanes) is 1. The zero-order chi connectivity index (χ0) is 27.4. The average molecular weight is 537 g/mol. The number of ketones is 1. The van der Waals surface area contributed by atoms with E-state index in [1.807, 2.05) is 0 Å². The number of ether oxygens (including phenoxy) is 3. The lowest BCUT2D eigenvalue weighted by molar-refractivity contribution is -0.132. The number of benzene rings is 2. The summed E-state index contributed by atoms with van der Waals surface area (Å²) in [4.78, 5) is 44.7. The third-order valence-electron chi connectivity index (χ3n) is 6.13. The number of aryl methyl sites for hydroxylation is 1. The highest BCUT2D eigenvalue weighted by molar-refractivity contribution is 7.17. The lowest BCUT2D eigenvalue weighted by Gasteiger charge is -2.23. The SMILES string of the molecule is CCCCOc1ccc(/C(O)=C2/C(=O)C(=O)N(c3nc(C)c(C(=O)OC)s3)C2c2ccc(OC)cc2)cc1. The highest BCUT2D eigenvalue weighted by Crippen LogP contribution is 2.44. The summed E-state index contributed by atoms with van der Waals surface area (Å²) in [6.45, 7) is 4.27. The summed E-state index contributed by atoms with van der Waals surface area (Å²) in [5, 5.41) is 11.5.